The van der Waals surface area contributed by atoms with Crippen molar-refractivity contribution in [3.05, 3.63) is 30.1 Å². The van der Waals surface area contributed by atoms with Crippen molar-refractivity contribution in [1.29, 1.82) is 0 Å². The third-order valence-corrected chi connectivity index (χ3v) is 6.42. The summed E-state index contributed by atoms with van der Waals surface area (Å²) in [5, 5.41) is 9.68. The molecule has 1 aromatic carbocycles. The molecule has 0 aromatic heterocycles. The molecule has 1 aromatic rings. The zero-order chi connectivity index (χ0) is 14.9. The number of benzene rings is 1. The molecule has 2 aliphatic carbocycles. The highest BCUT2D eigenvalue weighted by molar-refractivity contribution is 8.01. The highest BCUT2D eigenvalue weighted by Gasteiger charge is 2.59. The highest BCUT2D eigenvalue weighted by Crippen LogP contribution is 2.62. The molecule has 1 spiro atoms. The van der Waals surface area contributed by atoms with E-state index in [0.29, 0.717) is 17.7 Å². The Morgan fingerprint density at radius 2 is 1.71 bits per heavy atom. The number of rotatable bonds is 3. The lowest BCUT2D eigenvalue weighted by atomic mass is 9.58. The molecular weight excluding hydrogens is 287 g/mol. The van der Waals surface area contributed by atoms with Gasteiger partial charge in [-0.3, -0.25) is 4.79 Å². The van der Waals surface area contributed by atoms with E-state index in [1.807, 2.05) is 0 Å². The number of hydrogen-bond acceptors (Lipinski definition) is 2. The van der Waals surface area contributed by atoms with Crippen molar-refractivity contribution < 1.29 is 14.3 Å². The number of hydrogen-bond donors (Lipinski definition) is 1. The Kier molecular flexibility index (Phi) is 4.00. The van der Waals surface area contributed by atoms with Crippen molar-refractivity contribution in [3.8, 4) is 0 Å². The van der Waals surface area contributed by atoms with Crippen LogP contribution in [0.15, 0.2) is 29.2 Å². The van der Waals surface area contributed by atoms with Crippen LogP contribution in [0.2, 0.25) is 0 Å². The molecule has 0 atom stereocenters. The van der Waals surface area contributed by atoms with E-state index in [2.05, 4.69) is 0 Å². The van der Waals surface area contributed by atoms with Crippen LogP contribution in [-0.4, -0.2) is 15.8 Å². The summed E-state index contributed by atoms with van der Waals surface area (Å²) in [5.74, 6) is -1.10. The van der Waals surface area contributed by atoms with Gasteiger partial charge in [-0.05, 0) is 43.2 Å². The Balaban J connectivity index is 1.77. The van der Waals surface area contributed by atoms with Gasteiger partial charge in [-0.15, -0.1) is 11.8 Å². The SMILES string of the molecule is O=C(O)C1(Sc2ccccc2F)CC2(CCCCCC2)C1. The van der Waals surface area contributed by atoms with Gasteiger partial charge in [-0.2, -0.15) is 0 Å². The first-order valence-corrected chi connectivity index (χ1v) is 8.54. The number of halogens is 1. The van der Waals surface area contributed by atoms with Crippen molar-refractivity contribution >= 4 is 17.7 Å². The topological polar surface area (TPSA) is 37.3 Å². The molecule has 2 saturated carbocycles. The van der Waals surface area contributed by atoms with Crippen molar-refractivity contribution in [3.63, 3.8) is 0 Å². The smallest absolute Gasteiger partial charge is 0.320 e. The van der Waals surface area contributed by atoms with Crippen LogP contribution in [-0.2, 0) is 4.79 Å². The van der Waals surface area contributed by atoms with Crippen LogP contribution in [0.3, 0.4) is 0 Å². The van der Waals surface area contributed by atoms with Crippen LogP contribution >= 0.6 is 11.8 Å². The second kappa shape index (κ2) is 5.64. The number of aliphatic carboxylic acids is 1. The molecule has 0 heterocycles. The van der Waals surface area contributed by atoms with Gasteiger partial charge in [0, 0.05) is 4.90 Å². The Labute approximate surface area is 129 Å². The van der Waals surface area contributed by atoms with Crippen molar-refractivity contribution in [2.75, 3.05) is 0 Å². The molecule has 0 amide bonds. The Morgan fingerprint density at radius 1 is 1.10 bits per heavy atom. The van der Waals surface area contributed by atoms with Crippen LogP contribution in [0.25, 0.3) is 0 Å². The zero-order valence-corrected chi connectivity index (χ0v) is 12.9. The summed E-state index contributed by atoms with van der Waals surface area (Å²) < 4.78 is 13.0. The minimum atomic E-state index is -0.827. The van der Waals surface area contributed by atoms with Gasteiger partial charge in [-0.25, -0.2) is 4.39 Å². The maximum absolute atomic E-state index is 13.8. The van der Waals surface area contributed by atoms with E-state index < -0.39 is 10.7 Å². The van der Waals surface area contributed by atoms with Crippen molar-refractivity contribution in [2.45, 2.75) is 61.0 Å². The molecule has 0 radical (unpaired) electrons. The van der Waals surface area contributed by atoms with Gasteiger partial charge >= 0.3 is 5.97 Å². The van der Waals surface area contributed by atoms with Crippen LogP contribution < -0.4 is 0 Å². The van der Waals surface area contributed by atoms with Gasteiger partial charge < -0.3 is 5.11 Å². The van der Waals surface area contributed by atoms with Crippen LogP contribution in [0.1, 0.15) is 51.4 Å². The predicted octanol–water partition coefficient (Wildman–Crippen LogP) is 4.88. The molecule has 2 fully saturated rings. The minimum Gasteiger partial charge on any atom is -0.480 e. The molecule has 0 bridgehead atoms. The fraction of sp³-hybridized carbons (Fsp3) is 0.588. The first-order valence-electron chi connectivity index (χ1n) is 7.72. The monoisotopic (exact) mass is 308 g/mol. The fourth-order valence-corrected chi connectivity index (χ4v) is 5.57. The standard InChI is InChI=1S/C17H21FO2S/c18-13-7-3-4-8-14(13)21-17(15(19)20)11-16(12-17)9-5-1-2-6-10-16/h3-4,7-8H,1-2,5-6,9-12H2,(H,19,20). The van der Waals surface area contributed by atoms with E-state index in [1.165, 1.54) is 43.5 Å². The molecule has 3 rings (SSSR count). The summed E-state index contributed by atoms with van der Waals surface area (Å²) in [4.78, 5) is 12.2. The van der Waals surface area contributed by atoms with Gasteiger partial charge in [0.15, 0.2) is 0 Å². The third-order valence-electron chi connectivity index (χ3n) is 5.02. The summed E-state index contributed by atoms with van der Waals surface area (Å²) in [6, 6.07) is 6.49. The highest BCUT2D eigenvalue weighted by atomic mass is 32.2. The Morgan fingerprint density at radius 3 is 2.29 bits per heavy atom. The maximum Gasteiger partial charge on any atom is 0.320 e. The summed E-state index contributed by atoms with van der Waals surface area (Å²) in [7, 11) is 0. The van der Waals surface area contributed by atoms with Gasteiger partial charge in [-0.1, -0.05) is 37.8 Å². The first kappa shape index (κ1) is 14.9. The average molecular weight is 308 g/mol. The fourth-order valence-electron chi connectivity index (χ4n) is 4.00. The largest absolute Gasteiger partial charge is 0.480 e. The average Bonchev–Trinajstić information content (AvgIpc) is 2.66. The number of carboxylic acids is 1. The van der Waals surface area contributed by atoms with E-state index in [0.717, 1.165) is 12.8 Å². The van der Waals surface area contributed by atoms with E-state index >= 15 is 0 Å². The second-order valence-corrected chi connectivity index (χ2v) is 8.03. The van der Waals surface area contributed by atoms with E-state index in [9.17, 15) is 14.3 Å². The van der Waals surface area contributed by atoms with E-state index in [-0.39, 0.29) is 11.2 Å². The summed E-state index contributed by atoms with van der Waals surface area (Å²) in [5.41, 5.74) is 0.202. The van der Waals surface area contributed by atoms with Gasteiger partial charge in [0.25, 0.3) is 0 Å². The van der Waals surface area contributed by atoms with Gasteiger partial charge in [0.05, 0.1) is 0 Å². The maximum atomic E-state index is 13.8. The lowest BCUT2D eigenvalue weighted by Crippen LogP contribution is -2.54. The van der Waals surface area contributed by atoms with E-state index in [1.54, 1.807) is 18.2 Å². The van der Waals surface area contributed by atoms with Crippen LogP contribution in [0.4, 0.5) is 4.39 Å². The van der Waals surface area contributed by atoms with Crippen molar-refractivity contribution in [1.82, 2.24) is 0 Å². The summed E-state index contributed by atoms with van der Waals surface area (Å²) in [6.07, 6.45) is 8.60. The molecule has 1 N–H and O–H groups in total. The van der Waals surface area contributed by atoms with Gasteiger partial charge in [0.1, 0.15) is 10.6 Å². The zero-order valence-electron chi connectivity index (χ0n) is 12.1. The van der Waals surface area contributed by atoms with Crippen LogP contribution in [0, 0.1) is 11.2 Å². The molecular formula is C17H21FO2S. The number of thioether (sulfide) groups is 1. The normalized spacial score (nSPS) is 23.3. The van der Waals surface area contributed by atoms with Gasteiger partial charge in [0.2, 0.25) is 0 Å². The molecule has 4 heteroatoms. The third kappa shape index (κ3) is 2.83. The molecule has 114 valence electrons. The number of carbonyl (C=O) groups is 1. The lowest BCUT2D eigenvalue weighted by Gasteiger charge is -2.53. The minimum absolute atomic E-state index is 0.202. The first-order chi connectivity index (χ1) is 10.1. The summed E-state index contributed by atoms with van der Waals surface area (Å²) >= 11 is 1.21. The lowest BCUT2D eigenvalue weighted by molar-refractivity contribution is -0.147. The molecule has 0 saturated heterocycles. The molecule has 0 aliphatic heterocycles. The molecule has 2 aliphatic rings. The van der Waals surface area contributed by atoms with E-state index in [4.69, 9.17) is 0 Å². The van der Waals surface area contributed by atoms with Crippen molar-refractivity contribution in [2.24, 2.45) is 5.41 Å². The quantitative estimate of drug-likeness (QED) is 0.865. The Bertz CT molecular complexity index is 527. The molecule has 2 nitrogen and oxygen atoms in total. The molecule has 0 unspecified atom stereocenters. The predicted molar refractivity (Wildman–Crippen MR) is 82.0 cm³/mol. The van der Waals surface area contributed by atoms with Crippen LogP contribution in [0.5, 0.6) is 0 Å². The Hall–Kier alpha value is -1.03. The molecule has 21 heavy (non-hydrogen) atoms. The number of carboxylic acid groups (broad SMARTS) is 1. The second-order valence-electron chi connectivity index (χ2n) is 6.60. The summed E-state index contributed by atoms with van der Waals surface area (Å²) in [6.45, 7) is 0.